The molecule has 1 aromatic heterocycles. The van der Waals surface area contributed by atoms with Crippen molar-refractivity contribution in [3.8, 4) is 0 Å². The molecule has 1 saturated carbocycles. The number of amides is 2. The minimum Gasteiger partial charge on any atom is -0.362 e. The van der Waals surface area contributed by atoms with Crippen LogP contribution in [0.5, 0.6) is 0 Å². The smallest absolute Gasteiger partial charge is 0.319 e. The molecule has 32 heavy (non-hydrogen) atoms. The third-order valence-electron chi connectivity index (χ3n) is 6.10. The molecule has 9 heteroatoms. The SMILES string of the molecule is CN(C)c1nc(N[C@H]2CC[C@@H](NC(=O)Nc3cc(F)cc(F)c3)CC2)nc2c1CCCC2. The monoisotopic (exact) mass is 444 g/mol. The Morgan fingerprint density at radius 2 is 1.62 bits per heavy atom. The first-order chi connectivity index (χ1) is 15.4. The summed E-state index contributed by atoms with van der Waals surface area (Å²) in [5.74, 6) is 0.219. The molecule has 0 radical (unpaired) electrons. The van der Waals surface area contributed by atoms with Crippen LogP contribution in [0.1, 0.15) is 49.8 Å². The molecular formula is C23H30F2N6O. The van der Waals surface area contributed by atoms with Gasteiger partial charge in [0.2, 0.25) is 5.95 Å². The maximum absolute atomic E-state index is 13.3. The minimum atomic E-state index is -0.728. The molecule has 0 saturated heterocycles. The number of urea groups is 1. The summed E-state index contributed by atoms with van der Waals surface area (Å²) < 4.78 is 26.6. The molecule has 2 aromatic rings. The van der Waals surface area contributed by atoms with Crippen LogP contribution in [0.4, 0.5) is 31.0 Å². The van der Waals surface area contributed by atoms with Gasteiger partial charge in [-0.15, -0.1) is 0 Å². The summed E-state index contributed by atoms with van der Waals surface area (Å²) in [6.07, 6.45) is 7.72. The fourth-order valence-electron chi connectivity index (χ4n) is 4.55. The number of halogens is 2. The second kappa shape index (κ2) is 9.67. The third kappa shape index (κ3) is 5.44. The fraction of sp³-hybridized carbons (Fsp3) is 0.522. The van der Waals surface area contributed by atoms with Crippen LogP contribution >= 0.6 is 0 Å². The maximum atomic E-state index is 13.3. The van der Waals surface area contributed by atoms with Crippen molar-refractivity contribution < 1.29 is 13.6 Å². The summed E-state index contributed by atoms with van der Waals surface area (Å²) in [5.41, 5.74) is 2.51. The van der Waals surface area contributed by atoms with Crippen LogP contribution < -0.4 is 20.9 Å². The van der Waals surface area contributed by atoms with E-state index in [1.54, 1.807) is 0 Å². The molecule has 1 heterocycles. The van der Waals surface area contributed by atoms with Crippen LogP contribution in [-0.2, 0) is 12.8 Å². The van der Waals surface area contributed by atoms with E-state index in [9.17, 15) is 13.6 Å². The van der Waals surface area contributed by atoms with Gasteiger partial charge in [0.15, 0.2) is 0 Å². The normalized spacial score (nSPS) is 20.2. The number of carbonyl (C=O) groups is 1. The molecule has 2 aliphatic carbocycles. The number of aromatic nitrogens is 2. The lowest BCUT2D eigenvalue weighted by Crippen LogP contribution is -2.42. The van der Waals surface area contributed by atoms with Gasteiger partial charge >= 0.3 is 6.03 Å². The van der Waals surface area contributed by atoms with Crippen molar-refractivity contribution in [1.29, 1.82) is 0 Å². The molecule has 0 aliphatic heterocycles. The van der Waals surface area contributed by atoms with Crippen LogP contribution in [0.15, 0.2) is 18.2 Å². The summed E-state index contributed by atoms with van der Waals surface area (Å²) in [4.78, 5) is 23.8. The van der Waals surface area contributed by atoms with E-state index < -0.39 is 17.7 Å². The van der Waals surface area contributed by atoms with Gasteiger partial charge in [-0.25, -0.2) is 18.6 Å². The molecule has 4 rings (SSSR count). The van der Waals surface area contributed by atoms with Crippen molar-refractivity contribution in [3.63, 3.8) is 0 Å². The Kier molecular flexibility index (Phi) is 6.72. The number of hydrogen-bond donors (Lipinski definition) is 3. The Morgan fingerprint density at radius 3 is 2.31 bits per heavy atom. The quantitative estimate of drug-likeness (QED) is 0.643. The Morgan fingerprint density at radius 1 is 0.969 bits per heavy atom. The lowest BCUT2D eigenvalue weighted by molar-refractivity contribution is 0.243. The highest BCUT2D eigenvalue weighted by molar-refractivity contribution is 5.89. The van der Waals surface area contributed by atoms with Crippen molar-refractivity contribution in [2.75, 3.05) is 29.6 Å². The Hall–Kier alpha value is -2.97. The van der Waals surface area contributed by atoms with E-state index in [4.69, 9.17) is 9.97 Å². The molecule has 7 nitrogen and oxygen atoms in total. The van der Waals surface area contributed by atoms with Gasteiger partial charge < -0.3 is 20.9 Å². The number of aryl methyl sites for hydroxylation is 1. The second-order valence-corrected chi connectivity index (χ2v) is 8.85. The van der Waals surface area contributed by atoms with Crippen LogP contribution in [0, 0.1) is 11.6 Å². The van der Waals surface area contributed by atoms with E-state index in [2.05, 4.69) is 20.9 Å². The third-order valence-corrected chi connectivity index (χ3v) is 6.10. The molecule has 0 spiro atoms. The van der Waals surface area contributed by atoms with Crippen molar-refractivity contribution in [2.45, 2.75) is 63.5 Å². The highest BCUT2D eigenvalue weighted by atomic mass is 19.1. The number of rotatable bonds is 5. The Balaban J connectivity index is 1.30. The Labute approximate surface area is 187 Å². The van der Waals surface area contributed by atoms with Gasteiger partial charge in [0, 0.05) is 43.5 Å². The average Bonchev–Trinajstić information content (AvgIpc) is 2.73. The molecule has 0 unspecified atom stereocenters. The molecule has 2 amide bonds. The lowest BCUT2D eigenvalue weighted by atomic mass is 9.91. The summed E-state index contributed by atoms with van der Waals surface area (Å²) in [7, 11) is 4.03. The van der Waals surface area contributed by atoms with E-state index in [1.807, 2.05) is 14.1 Å². The van der Waals surface area contributed by atoms with Gasteiger partial charge in [-0.1, -0.05) is 0 Å². The Bertz CT molecular complexity index is 955. The number of anilines is 3. The fourth-order valence-corrected chi connectivity index (χ4v) is 4.55. The average molecular weight is 445 g/mol. The number of fused-ring (bicyclic) bond motifs is 1. The van der Waals surface area contributed by atoms with Gasteiger partial charge in [-0.05, 0) is 63.5 Å². The molecule has 172 valence electrons. The lowest BCUT2D eigenvalue weighted by Gasteiger charge is -2.30. The van der Waals surface area contributed by atoms with Crippen LogP contribution in [0.25, 0.3) is 0 Å². The van der Waals surface area contributed by atoms with Crippen LogP contribution in [0.2, 0.25) is 0 Å². The van der Waals surface area contributed by atoms with Gasteiger partial charge in [0.05, 0.1) is 5.69 Å². The van der Waals surface area contributed by atoms with Gasteiger partial charge in [-0.2, -0.15) is 4.98 Å². The number of nitrogens with one attached hydrogen (secondary N) is 3. The van der Waals surface area contributed by atoms with E-state index in [-0.39, 0.29) is 17.8 Å². The maximum Gasteiger partial charge on any atom is 0.319 e. The molecule has 2 aliphatic rings. The first-order valence-corrected chi connectivity index (χ1v) is 11.2. The van der Waals surface area contributed by atoms with E-state index in [0.29, 0.717) is 5.95 Å². The summed E-state index contributed by atoms with van der Waals surface area (Å²) in [6, 6.07) is 2.73. The van der Waals surface area contributed by atoms with Gasteiger partial charge in [0.1, 0.15) is 17.5 Å². The molecule has 3 N–H and O–H groups in total. The zero-order valence-electron chi connectivity index (χ0n) is 18.5. The highest BCUT2D eigenvalue weighted by Crippen LogP contribution is 2.29. The topological polar surface area (TPSA) is 82.2 Å². The predicted octanol–water partition coefficient (Wildman–Crippen LogP) is 4.24. The highest BCUT2D eigenvalue weighted by Gasteiger charge is 2.25. The molecular weight excluding hydrogens is 414 g/mol. The van der Waals surface area contributed by atoms with Crippen molar-refractivity contribution in [2.24, 2.45) is 0 Å². The first-order valence-electron chi connectivity index (χ1n) is 11.2. The number of hydrogen-bond acceptors (Lipinski definition) is 5. The van der Waals surface area contributed by atoms with E-state index in [1.165, 1.54) is 12.0 Å². The van der Waals surface area contributed by atoms with Crippen molar-refractivity contribution in [3.05, 3.63) is 41.1 Å². The standard InChI is InChI=1S/C23H30F2N6O/c1-31(2)21-19-5-3-4-6-20(19)29-22(30-21)26-16-7-9-17(10-8-16)27-23(32)28-18-12-14(24)11-15(25)13-18/h11-13,16-17H,3-10H2,1-2H3,(H,26,29,30)(H2,27,28,32)/t16-,17+. The number of benzene rings is 1. The summed E-state index contributed by atoms with van der Waals surface area (Å²) in [6.45, 7) is 0. The van der Waals surface area contributed by atoms with Crippen LogP contribution in [-0.4, -0.2) is 42.2 Å². The van der Waals surface area contributed by atoms with Gasteiger partial charge in [0.25, 0.3) is 0 Å². The summed E-state index contributed by atoms with van der Waals surface area (Å²) >= 11 is 0. The summed E-state index contributed by atoms with van der Waals surface area (Å²) in [5, 5.41) is 8.88. The largest absolute Gasteiger partial charge is 0.362 e. The zero-order chi connectivity index (χ0) is 22.7. The van der Waals surface area contributed by atoms with E-state index >= 15 is 0 Å². The van der Waals surface area contributed by atoms with E-state index in [0.717, 1.165) is 74.7 Å². The number of carbonyl (C=O) groups excluding carboxylic acids is 1. The van der Waals surface area contributed by atoms with Crippen molar-refractivity contribution in [1.82, 2.24) is 15.3 Å². The van der Waals surface area contributed by atoms with Crippen molar-refractivity contribution >= 4 is 23.5 Å². The van der Waals surface area contributed by atoms with Crippen LogP contribution in [0.3, 0.4) is 0 Å². The predicted molar refractivity (Wildman–Crippen MR) is 121 cm³/mol. The van der Waals surface area contributed by atoms with Gasteiger partial charge in [-0.3, -0.25) is 0 Å². The number of nitrogens with zero attached hydrogens (tertiary/aromatic N) is 3. The first kappa shape index (κ1) is 22.2. The molecule has 0 atom stereocenters. The molecule has 1 aromatic carbocycles. The zero-order valence-corrected chi connectivity index (χ0v) is 18.5. The minimum absolute atomic E-state index is 0.00763. The second-order valence-electron chi connectivity index (χ2n) is 8.85. The molecule has 1 fully saturated rings. The molecule has 0 bridgehead atoms.